The molecule has 0 aromatic heterocycles. The van der Waals surface area contributed by atoms with Crippen LogP contribution in [0.25, 0.3) is 0 Å². The molecule has 0 fully saturated rings. The maximum atomic E-state index is 6.01. The molecule has 0 aliphatic carbocycles. The molecule has 0 amide bonds. The lowest BCUT2D eigenvalue weighted by molar-refractivity contribution is 0.623. The first-order valence-electron chi connectivity index (χ1n) is 4.17. The highest BCUT2D eigenvalue weighted by Crippen LogP contribution is 2.21. The molecular formula is C11H12ClN. The zero-order valence-electron chi connectivity index (χ0n) is 7.55. The second-order valence-electron chi connectivity index (χ2n) is 2.83. The fourth-order valence-electron chi connectivity index (χ4n) is 1.15. The molecule has 0 aliphatic heterocycles. The minimum absolute atomic E-state index is 0.199. The van der Waals surface area contributed by atoms with Gasteiger partial charge in [0.15, 0.2) is 0 Å². The summed E-state index contributed by atoms with van der Waals surface area (Å²) in [6.45, 7) is 2.60. The predicted octanol–water partition coefficient (Wildman–Crippen LogP) is 2.62. The minimum Gasteiger partial charge on any atom is -0.300 e. The summed E-state index contributed by atoms with van der Waals surface area (Å²) in [5.41, 5.74) is 1.08. The number of terminal acetylenes is 1. The van der Waals surface area contributed by atoms with Crippen molar-refractivity contribution in [3.8, 4) is 12.3 Å². The van der Waals surface area contributed by atoms with Crippen LogP contribution in [-0.4, -0.2) is 6.54 Å². The van der Waals surface area contributed by atoms with Gasteiger partial charge in [0.25, 0.3) is 0 Å². The van der Waals surface area contributed by atoms with Gasteiger partial charge in [-0.2, -0.15) is 0 Å². The van der Waals surface area contributed by atoms with E-state index in [4.69, 9.17) is 18.0 Å². The fourth-order valence-corrected chi connectivity index (χ4v) is 1.45. The normalized spacial score (nSPS) is 12.1. The Balaban J connectivity index is 2.72. The Hall–Kier alpha value is -0.970. The first kappa shape index (κ1) is 10.1. The van der Waals surface area contributed by atoms with E-state index in [1.54, 1.807) is 0 Å². The topological polar surface area (TPSA) is 12.0 Å². The molecule has 0 radical (unpaired) electrons. The molecule has 1 atom stereocenters. The number of hydrogen-bond donors (Lipinski definition) is 1. The Kier molecular flexibility index (Phi) is 3.82. The Morgan fingerprint density at radius 1 is 1.54 bits per heavy atom. The molecule has 0 aliphatic rings. The molecule has 2 heteroatoms. The first-order chi connectivity index (χ1) is 6.25. The predicted molar refractivity (Wildman–Crippen MR) is 56.7 cm³/mol. The highest BCUT2D eigenvalue weighted by Gasteiger charge is 2.06. The quantitative estimate of drug-likeness (QED) is 0.728. The lowest BCUT2D eigenvalue weighted by Gasteiger charge is -2.13. The highest BCUT2D eigenvalue weighted by atomic mass is 35.5. The largest absolute Gasteiger partial charge is 0.300 e. The van der Waals surface area contributed by atoms with Crippen molar-refractivity contribution in [3.05, 3.63) is 34.9 Å². The molecule has 1 aromatic carbocycles. The molecule has 0 saturated carbocycles. The molecule has 0 unspecified atom stereocenters. The maximum Gasteiger partial charge on any atom is 0.0578 e. The summed E-state index contributed by atoms with van der Waals surface area (Å²) in [6, 6.07) is 7.96. The van der Waals surface area contributed by atoms with Crippen molar-refractivity contribution in [2.24, 2.45) is 0 Å². The second-order valence-corrected chi connectivity index (χ2v) is 3.24. The Bertz CT molecular complexity index is 314. The first-order valence-corrected chi connectivity index (χ1v) is 4.54. The SMILES string of the molecule is C#CCN[C@H](C)c1ccccc1Cl. The Labute approximate surface area is 84.1 Å². The van der Waals surface area contributed by atoms with E-state index in [2.05, 4.69) is 11.2 Å². The third-order valence-corrected chi connectivity index (χ3v) is 2.23. The number of nitrogens with one attached hydrogen (secondary N) is 1. The van der Waals surface area contributed by atoms with Gasteiger partial charge in [-0.25, -0.2) is 0 Å². The molecule has 1 rings (SSSR count). The smallest absolute Gasteiger partial charge is 0.0578 e. The third-order valence-electron chi connectivity index (χ3n) is 1.88. The maximum absolute atomic E-state index is 6.01. The Morgan fingerprint density at radius 3 is 2.85 bits per heavy atom. The van der Waals surface area contributed by atoms with Gasteiger partial charge in [0, 0.05) is 11.1 Å². The Morgan fingerprint density at radius 2 is 2.23 bits per heavy atom. The molecule has 0 spiro atoms. The van der Waals surface area contributed by atoms with Crippen molar-refractivity contribution in [2.75, 3.05) is 6.54 Å². The summed E-state index contributed by atoms with van der Waals surface area (Å²) >= 11 is 6.01. The molecule has 0 heterocycles. The summed E-state index contributed by atoms with van der Waals surface area (Å²) in [7, 11) is 0. The van der Waals surface area contributed by atoms with Crippen molar-refractivity contribution in [3.63, 3.8) is 0 Å². The summed E-state index contributed by atoms with van der Waals surface area (Å²) in [6.07, 6.45) is 5.15. The van der Waals surface area contributed by atoms with Crippen molar-refractivity contribution in [2.45, 2.75) is 13.0 Å². The molecule has 1 N–H and O–H groups in total. The number of benzene rings is 1. The molecule has 1 nitrogen and oxygen atoms in total. The van der Waals surface area contributed by atoms with Crippen LogP contribution in [0.3, 0.4) is 0 Å². The van der Waals surface area contributed by atoms with Crippen LogP contribution in [0.4, 0.5) is 0 Å². The van der Waals surface area contributed by atoms with E-state index in [1.807, 2.05) is 31.2 Å². The standard InChI is InChI=1S/C11H12ClN/c1-3-8-13-9(2)10-6-4-5-7-11(10)12/h1,4-7,9,13H,8H2,2H3/t9-/m1/s1. The van der Waals surface area contributed by atoms with Gasteiger partial charge in [0.05, 0.1) is 6.54 Å². The van der Waals surface area contributed by atoms with Crippen molar-refractivity contribution >= 4 is 11.6 Å². The van der Waals surface area contributed by atoms with Crippen LogP contribution in [0.2, 0.25) is 5.02 Å². The molecule has 68 valence electrons. The highest BCUT2D eigenvalue weighted by molar-refractivity contribution is 6.31. The number of rotatable bonds is 3. The van der Waals surface area contributed by atoms with Crippen LogP contribution in [0, 0.1) is 12.3 Å². The van der Waals surface area contributed by atoms with Gasteiger partial charge in [-0.1, -0.05) is 35.7 Å². The van der Waals surface area contributed by atoms with Gasteiger partial charge in [-0.15, -0.1) is 6.42 Å². The van der Waals surface area contributed by atoms with Crippen LogP contribution >= 0.6 is 11.6 Å². The molecular weight excluding hydrogens is 182 g/mol. The van der Waals surface area contributed by atoms with E-state index < -0.39 is 0 Å². The fraction of sp³-hybridized carbons (Fsp3) is 0.273. The van der Waals surface area contributed by atoms with Crippen LogP contribution in [0.1, 0.15) is 18.5 Å². The summed E-state index contributed by atoms with van der Waals surface area (Å²) in [4.78, 5) is 0. The average molecular weight is 194 g/mol. The van der Waals surface area contributed by atoms with E-state index in [1.165, 1.54) is 0 Å². The van der Waals surface area contributed by atoms with Gasteiger partial charge < -0.3 is 0 Å². The van der Waals surface area contributed by atoms with Crippen molar-refractivity contribution in [1.82, 2.24) is 5.32 Å². The number of hydrogen-bond acceptors (Lipinski definition) is 1. The van der Waals surface area contributed by atoms with Crippen LogP contribution < -0.4 is 5.32 Å². The lowest BCUT2D eigenvalue weighted by Crippen LogP contribution is -2.18. The zero-order valence-corrected chi connectivity index (χ0v) is 8.31. The average Bonchev–Trinajstić information content (AvgIpc) is 2.15. The van der Waals surface area contributed by atoms with E-state index in [0.29, 0.717) is 6.54 Å². The van der Waals surface area contributed by atoms with Gasteiger partial charge in [-0.05, 0) is 18.6 Å². The van der Waals surface area contributed by atoms with Crippen LogP contribution in [-0.2, 0) is 0 Å². The van der Waals surface area contributed by atoms with Gasteiger partial charge >= 0.3 is 0 Å². The molecule has 13 heavy (non-hydrogen) atoms. The van der Waals surface area contributed by atoms with Crippen LogP contribution in [0.5, 0.6) is 0 Å². The zero-order chi connectivity index (χ0) is 9.68. The summed E-state index contributed by atoms with van der Waals surface area (Å²) in [5, 5.41) is 3.95. The summed E-state index contributed by atoms with van der Waals surface area (Å²) < 4.78 is 0. The van der Waals surface area contributed by atoms with Crippen molar-refractivity contribution in [1.29, 1.82) is 0 Å². The molecule has 0 saturated heterocycles. The second kappa shape index (κ2) is 4.91. The van der Waals surface area contributed by atoms with E-state index in [9.17, 15) is 0 Å². The molecule has 1 aromatic rings. The van der Waals surface area contributed by atoms with Gasteiger partial charge in [-0.3, -0.25) is 5.32 Å². The summed E-state index contributed by atoms with van der Waals surface area (Å²) in [5.74, 6) is 2.53. The minimum atomic E-state index is 0.199. The van der Waals surface area contributed by atoms with E-state index in [0.717, 1.165) is 10.6 Å². The van der Waals surface area contributed by atoms with Crippen molar-refractivity contribution < 1.29 is 0 Å². The molecule has 0 bridgehead atoms. The lowest BCUT2D eigenvalue weighted by atomic mass is 10.1. The van der Waals surface area contributed by atoms with Gasteiger partial charge in [0.1, 0.15) is 0 Å². The van der Waals surface area contributed by atoms with Gasteiger partial charge in [0.2, 0.25) is 0 Å². The van der Waals surface area contributed by atoms with Crippen LogP contribution in [0.15, 0.2) is 24.3 Å². The number of halogens is 1. The van der Waals surface area contributed by atoms with E-state index >= 15 is 0 Å². The van der Waals surface area contributed by atoms with E-state index in [-0.39, 0.29) is 6.04 Å². The third kappa shape index (κ3) is 2.77. The monoisotopic (exact) mass is 193 g/mol.